The van der Waals surface area contributed by atoms with Gasteiger partial charge in [0.05, 0.1) is 0 Å². The van der Waals surface area contributed by atoms with Crippen molar-refractivity contribution < 1.29 is 14.7 Å². The van der Waals surface area contributed by atoms with Crippen LogP contribution in [0.5, 0.6) is 0 Å². The van der Waals surface area contributed by atoms with Gasteiger partial charge in [-0.05, 0) is 13.3 Å². The summed E-state index contributed by atoms with van der Waals surface area (Å²) in [5, 5.41) is 11.6. The third-order valence-corrected chi connectivity index (χ3v) is 3.74. The highest BCUT2D eigenvalue weighted by Crippen LogP contribution is 2.09. The molecule has 0 aromatic heterocycles. The number of carbonyl (C=O) groups is 2. The van der Waals surface area contributed by atoms with Crippen molar-refractivity contribution in [1.29, 1.82) is 0 Å². The lowest BCUT2D eigenvalue weighted by atomic mass is 10.1. The smallest absolute Gasteiger partial charge is 0.327 e. The molecule has 110 valence electrons. The second kappa shape index (κ2) is 7.45. The molecule has 2 N–H and O–H groups in total. The first-order valence-electron chi connectivity index (χ1n) is 6.90. The van der Waals surface area contributed by atoms with E-state index in [9.17, 15) is 9.59 Å². The van der Waals surface area contributed by atoms with E-state index in [2.05, 4.69) is 29.0 Å². The molecule has 2 atom stereocenters. The molecular weight excluding hydrogens is 246 g/mol. The minimum atomic E-state index is -0.973. The monoisotopic (exact) mass is 271 g/mol. The van der Waals surface area contributed by atoms with Gasteiger partial charge in [0.1, 0.15) is 6.04 Å². The van der Waals surface area contributed by atoms with Gasteiger partial charge in [-0.1, -0.05) is 6.92 Å². The number of carboxylic acid groups (broad SMARTS) is 1. The number of hydrogen-bond donors (Lipinski definition) is 2. The van der Waals surface area contributed by atoms with E-state index >= 15 is 0 Å². The van der Waals surface area contributed by atoms with E-state index < -0.39 is 12.0 Å². The summed E-state index contributed by atoms with van der Waals surface area (Å²) in [5.41, 5.74) is 0. The molecule has 1 heterocycles. The van der Waals surface area contributed by atoms with Gasteiger partial charge in [0.25, 0.3) is 0 Å². The lowest BCUT2D eigenvalue weighted by Gasteiger charge is -2.38. The number of amides is 1. The fourth-order valence-corrected chi connectivity index (χ4v) is 2.33. The predicted octanol–water partition coefficient (Wildman–Crippen LogP) is -0.00820. The molecule has 0 aromatic rings. The number of carboxylic acids is 1. The van der Waals surface area contributed by atoms with Crippen molar-refractivity contribution in [2.45, 2.75) is 39.3 Å². The lowest BCUT2D eigenvalue weighted by Crippen LogP contribution is -2.54. The molecule has 1 aliphatic heterocycles. The normalized spacial score (nSPS) is 20.8. The van der Waals surface area contributed by atoms with Crippen LogP contribution in [0.4, 0.5) is 0 Å². The van der Waals surface area contributed by atoms with Gasteiger partial charge in [0.15, 0.2) is 0 Å². The Hall–Kier alpha value is -1.14. The Bertz CT molecular complexity index is 314. The standard InChI is InChI=1S/C13H25N3O3/c1-4-10(2)16-7-5-15(6-8-16)9-12(13(18)19)14-11(3)17/h10,12H,4-9H2,1-3H3,(H,14,17)(H,18,19). The van der Waals surface area contributed by atoms with E-state index in [4.69, 9.17) is 5.11 Å². The van der Waals surface area contributed by atoms with Crippen molar-refractivity contribution in [2.75, 3.05) is 32.7 Å². The van der Waals surface area contributed by atoms with E-state index in [1.807, 2.05) is 0 Å². The van der Waals surface area contributed by atoms with Crippen LogP contribution in [0.15, 0.2) is 0 Å². The number of rotatable bonds is 6. The highest BCUT2D eigenvalue weighted by molar-refractivity contribution is 5.82. The minimum Gasteiger partial charge on any atom is -0.480 e. The summed E-state index contributed by atoms with van der Waals surface area (Å²) in [5.74, 6) is -1.27. The molecule has 6 heteroatoms. The maximum Gasteiger partial charge on any atom is 0.327 e. The van der Waals surface area contributed by atoms with E-state index in [1.54, 1.807) is 0 Å². The third-order valence-electron chi connectivity index (χ3n) is 3.74. The summed E-state index contributed by atoms with van der Waals surface area (Å²) in [7, 11) is 0. The molecule has 19 heavy (non-hydrogen) atoms. The molecule has 0 aromatic carbocycles. The Labute approximate surface area is 114 Å². The average Bonchev–Trinajstić information content (AvgIpc) is 2.37. The fraction of sp³-hybridized carbons (Fsp3) is 0.846. The predicted molar refractivity (Wildman–Crippen MR) is 73.0 cm³/mol. The molecule has 6 nitrogen and oxygen atoms in total. The molecule has 0 bridgehead atoms. The Balaban J connectivity index is 2.42. The summed E-state index contributed by atoms with van der Waals surface area (Å²) in [6, 6.07) is -0.236. The van der Waals surface area contributed by atoms with Crippen molar-refractivity contribution >= 4 is 11.9 Å². The van der Waals surface area contributed by atoms with Gasteiger partial charge in [0.2, 0.25) is 5.91 Å². The van der Waals surface area contributed by atoms with Crippen molar-refractivity contribution in [1.82, 2.24) is 15.1 Å². The molecular formula is C13H25N3O3. The number of nitrogens with one attached hydrogen (secondary N) is 1. The highest BCUT2D eigenvalue weighted by atomic mass is 16.4. The van der Waals surface area contributed by atoms with E-state index in [0.29, 0.717) is 12.6 Å². The number of aliphatic carboxylic acids is 1. The van der Waals surface area contributed by atoms with Gasteiger partial charge < -0.3 is 10.4 Å². The topological polar surface area (TPSA) is 72.9 Å². The summed E-state index contributed by atoms with van der Waals surface area (Å²) < 4.78 is 0. The SMILES string of the molecule is CCC(C)N1CCN(CC(NC(C)=O)C(=O)O)CC1. The Morgan fingerprint density at radius 2 is 1.84 bits per heavy atom. The first-order valence-corrected chi connectivity index (χ1v) is 6.90. The van der Waals surface area contributed by atoms with Crippen LogP contribution in [-0.4, -0.2) is 71.6 Å². The molecule has 0 saturated carbocycles. The van der Waals surface area contributed by atoms with Crippen molar-refractivity contribution in [3.05, 3.63) is 0 Å². The highest BCUT2D eigenvalue weighted by Gasteiger charge is 2.25. The maximum atomic E-state index is 11.1. The van der Waals surface area contributed by atoms with Gasteiger partial charge in [0, 0.05) is 45.7 Å². The summed E-state index contributed by atoms with van der Waals surface area (Å²) >= 11 is 0. The first-order chi connectivity index (χ1) is 8.93. The second-order valence-corrected chi connectivity index (χ2v) is 5.19. The Morgan fingerprint density at radius 3 is 2.26 bits per heavy atom. The Kier molecular flexibility index (Phi) is 6.24. The molecule has 0 radical (unpaired) electrons. The zero-order valence-corrected chi connectivity index (χ0v) is 12.1. The van der Waals surface area contributed by atoms with Crippen LogP contribution in [0.2, 0.25) is 0 Å². The minimum absolute atomic E-state index is 0.300. The van der Waals surface area contributed by atoms with Crippen LogP contribution >= 0.6 is 0 Å². The molecule has 1 fully saturated rings. The lowest BCUT2D eigenvalue weighted by molar-refractivity contribution is -0.142. The second-order valence-electron chi connectivity index (χ2n) is 5.19. The van der Waals surface area contributed by atoms with Crippen LogP contribution < -0.4 is 5.32 Å². The van der Waals surface area contributed by atoms with Gasteiger partial charge in [-0.15, -0.1) is 0 Å². The molecule has 1 amide bonds. The van der Waals surface area contributed by atoms with Gasteiger partial charge in [-0.2, -0.15) is 0 Å². The van der Waals surface area contributed by atoms with E-state index in [-0.39, 0.29) is 5.91 Å². The summed E-state index contributed by atoms with van der Waals surface area (Å²) in [6.45, 7) is 9.74. The van der Waals surface area contributed by atoms with Crippen LogP contribution in [0.3, 0.4) is 0 Å². The maximum absolute atomic E-state index is 11.1. The number of piperazine rings is 1. The average molecular weight is 271 g/mol. The summed E-state index contributed by atoms with van der Waals surface area (Å²) in [4.78, 5) is 26.6. The fourth-order valence-electron chi connectivity index (χ4n) is 2.33. The molecule has 1 aliphatic rings. The van der Waals surface area contributed by atoms with Gasteiger partial charge in [-0.3, -0.25) is 14.6 Å². The van der Waals surface area contributed by atoms with Crippen molar-refractivity contribution in [3.8, 4) is 0 Å². The zero-order valence-electron chi connectivity index (χ0n) is 12.1. The van der Waals surface area contributed by atoms with Crippen LogP contribution in [0.1, 0.15) is 27.2 Å². The molecule has 1 rings (SSSR count). The first kappa shape index (κ1) is 15.9. The number of carbonyl (C=O) groups excluding carboxylic acids is 1. The summed E-state index contributed by atoms with van der Waals surface area (Å²) in [6.07, 6.45) is 1.13. The molecule has 0 spiro atoms. The number of nitrogens with zero attached hydrogens (tertiary/aromatic N) is 2. The van der Waals surface area contributed by atoms with E-state index in [0.717, 1.165) is 32.6 Å². The quantitative estimate of drug-likeness (QED) is 0.711. The Morgan fingerprint density at radius 1 is 1.26 bits per heavy atom. The van der Waals surface area contributed by atoms with Crippen LogP contribution in [0, 0.1) is 0 Å². The third kappa shape index (κ3) is 5.16. The molecule has 1 saturated heterocycles. The zero-order chi connectivity index (χ0) is 14.4. The van der Waals surface area contributed by atoms with Crippen molar-refractivity contribution in [2.24, 2.45) is 0 Å². The largest absolute Gasteiger partial charge is 0.480 e. The van der Waals surface area contributed by atoms with Crippen LogP contribution in [0.25, 0.3) is 0 Å². The molecule has 2 unspecified atom stereocenters. The van der Waals surface area contributed by atoms with Gasteiger partial charge in [-0.25, -0.2) is 4.79 Å². The number of hydrogen-bond acceptors (Lipinski definition) is 4. The van der Waals surface area contributed by atoms with Crippen LogP contribution in [-0.2, 0) is 9.59 Å². The van der Waals surface area contributed by atoms with Gasteiger partial charge >= 0.3 is 5.97 Å². The van der Waals surface area contributed by atoms with Crippen molar-refractivity contribution in [3.63, 3.8) is 0 Å². The molecule has 0 aliphatic carbocycles. The van der Waals surface area contributed by atoms with E-state index in [1.165, 1.54) is 6.92 Å².